The van der Waals surface area contributed by atoms with Crippen molar-refractivity contribution in [1.29, 1.82) is 0 Å². The molecule has 0 aromatic heterocycles. The van der Waals surface area contributed by atoms with Crippen LogP contribution in [0.15, 0.2) is 53.0 Å². The summed E-state index contributed by atoms with van der Waals surface area (Å²) in [6.45, 7) is 2.91. The molecule has 0 bridgehead atoms. The van der Waals surface area contributed by atoms with Gasteiger partial charge in [-0.05, 0) is 42.3 Å². The molecule has 0 aliphatic heterocycles. The molecule has 21 heavy (non-hydrogen) atoms. The lowest BCUT2D eigenvalue weighted by atomic mass is 10.1. The second-order valence-electron chi connectivity index (χ2n) is 4.65. The van der Waals surface area contributed by atoms with E-state index >= 15 is 0 Å². The van der Waals surface area contributed by atoms with E-state index in [4.69, 9.17) is 9.47 Å². The Kier molecular flexibility index (Phi) is 6.08. The van der Waals surface area contributed by atoms with E-state index in [2.05, 4.69) is 15.9 Å². The fraction of sp³-hybridized carbons (Fsp3) is 0.294. The van der Waals surface area contributed by atoms with Crippen LogP contribution < -0.4 is 9.47 Å². The van der Waals surface area contributed by atoms with Crippen molar-refractivity contribution in [3.8, 4) is 11.5 Å². The monoisotopic (exact) mass is 350 g/mol. The molecule has 3 nitrogen and oxygen atoms in total. The van der Waals surface area contributed by atoms with Gasteiger partial charge in [0.2, 0.25) is 0 Å². The average Bonchev–Trinajstić information content (AvgIpc) is 2.51. The Morgan fingerprint density at radius 2 is 1.67 bits per heavy atom. The molecule has 0 saturated carbocycles. The van der Waals surface area contributed by atoms with E-state index in [-0.39, 0.29) is 0 Å². The van der Waals surface area contributed by atoms with Crippen molar-refractivity contribution in [2.24, 2.45) is 0 Å². The summed E-state index contributed by atoms with van der Waals surface area (Å²) in [7, 11) is 0. The highest BCUT2D eigenvalue weighted by molar-refractivity contribution is 9.10. The van der Waals surface area contributed by atoms with Crippen molar-refractivity contribution in [3.05, 3.63) is 58.6 Å². The third-order valence-corrected chi connectivity index (χ3v) is 3.56. The van der Waals surface area contributed by atoms with E-state index < -0.39 is 6.10 Å². The van der Waals surface area contributed by atoms with Gasteiger partial charge in [-0.15, -0.1) is 0 Å². The molecule has 2 rings (SSSR count). The molecule has 112 valence electrons. The largest absolute Gasteiger partial charge is 0.490 e. The standard InChI is InChI=1S/C17H19BrO3/c1-2-17(19)13-6-8-15(9-7-13)20-10-11-21-16-5-3-4-14(18)12-16/h3-9,12,17,19H,2,10-11H2,1H3/t17-/m1/s1. The van der Waals surface area contributed by atoms with E-state index in [0.717, 1.165) is 21.5 Å². The molecule has 0 heterocycles. The zero-order valence-electron chi connectivity index (χ0n) is 12.0. The second kappa shape index (κ2) is 8.05. The predicted molar refractivity (Wildman–Crippen MR) is 86.8 cm³/mol. The number of hydrogen-bond donors (Lipinski definition) is 1. The average molecular weight is 351 g/mol. The summed E-state index contributed by atoms with van der Waals surface area (Å²) in [5.74, 6) is 1.59. The zero-order chi connectivity index (χ0) is 15.1. The van der Waals surface area contributed by atoms with Crippen LogP contribution in [-0.4, -0.2) is 18.3 Å². The Bertz CT molecular complexity index is 554. The van der Waals surface area contributed by atoms with Crippen LogP contribution in [0.1, 0.15) is 25.0 Å². The van der Waals surface area contributed by atoms with Crippen molar-refractivity contribution >= 4 is 15.9 Å². The van der Waals surface area contributed by atoms with Crippen molar-refractivity contribution in [2.75, 3.05) is 13.2 Å². The number of halogens is 1. The molecular weight excluding hydrogens is 332 g/mol. The minimum absolute atomic E-state index is 0.404. The molecule has 1 N–H and O–H groups in total. The number of ether oxygens (including phenoxy) is 2. The SMILES string of the molecule is CC[C@@H](O)c1ccc(OCCOc2cccc(Br)c2)cc1. The molecule has 0 saturated heterocycles. The predicted octanol–water partition coefficient (Wildman–Crippen LogP) is 4.35. The second-order valence-corrected chi connectivity index (χ2v) is 5.56. The number of aliphatic hydroxyl groups is 1. The highest BCUT2D eigenvalue weighted by atomic mass is 79.9. The lowest BCUT2D eigenvalue weighted by Crippen LogP contribution is -2.09. The van der Waals surface area contributed by atoms with Crippen LogP contribution in [0.2, 0.25) is 0 Å². The first-order valence-corrected chi connectivity index (χ1v) is 7.77. The lowest BCUT2D eigenvalue weighted by molar-refractivity contribution is 0.173. The number of rotatable bonds is 7. The first kappa shape index (κ1) is 15.9. The first-order chi connectivity index (χ1) is 10.2. The Labute approximate surface area is 133 Å². The smallest absolute Gasteiger partial charge is 0.122 e. The number of benzene rings is 2. The molecular formula is C17H19BrO3. The van der Waals surface area contributed by atoms with Gasteiger partial charge in [0.15, 0.2) is 0 Å². The highest BCUT2D eigenvalue weighted by Gasteiger charge is 2.04. The molecule has 4 heteroatoms. The quantitative estimate of drug-likeness (QED) is 0.754. The van der Waals surface area contributed by atoms with Gasteiger partial charge in [-0.25, -0.2) is 0 Å². The zero-order valence-corrected chi connectivity index (χ0v) is 13.5. The Hall–Kier alpha value is -1.52. The van der Waals surface area contributed by atoms with Crippen molar-refractivity contribution in [3.63, 3.8) is 0 Å². The fourth-order valence-corrected chi connectivity index (χ4v) is 2.28. The van der Waals surface area contributed by atoms with Crippen LogP contribution in [0.25, 0.3) is 0 Å². The Morgan fingerprint density at radius 1 is 1.00 bits per heavy atom. The topological polar surface area (TPSA) is 38.7 Å². The van der Waals surface area contributed by atoms with Crippen molar-refractivity contribution < 1.29 is 14.6 Å². The van der Waals surface area contributed by atoms with Crippen molar-refractivity contribution in [2.45, 2.75) is 19.4 Å². The van der Waals surface area contributed by atoms with Crippen LogP contribution in [0.5, 0.6) is 11.5 Å². The Morgan fingerprint density at radius 3 is 2.29 bits per heavy atom. The summed E-state index contributed by atoms with van der Waals surface area (Å²) in [5.41, 5.74) is 0.912. The molecule has 0 unspecified atom stereocenters. The molecule has 0 radical (unpaired) electrons. The van der Waals surface area contributed by atoms with E-state index in [1.807, 2.05) is 55.5 Å². The molecule has 0 aliphatic carbocycles. The van der Waals surface area contributed by atoms with Gasteiger partial charge in [0, 0.05) is 4.47 Å². The van der Waals surface area contributed by atoms with Crippen LogP contribution in [0.4, 0.5) is 0 Å². The van der Waals surface area contributed by atoms with Crippen LogP contribution in [-0.2, 0) is 0 Å². The fourth-order valence-electron chi connectivity index (χ4n) is 1.90. The third kappa shape index (κ3) is 5.06. The van der Waals surface area contributed by atoms with Gasteiger partial charge in [-0.2, -0.15) is 0 Å². The van der Waals surface area contributed by atoms with E-state index in [1.54, 1.807) is 0 Å². The maximum atomic E-state index is 9.72. The molecule has 1 atom stereocenters. The molecule has 0 aliphatic rings. The van der Waals surface area contributed by atoms with Gasteiger partial charge in [0.25, 0.3) is 0 Å². The normalized spacial score (nSPS) is 12.0. The summed E-state index contributed by atoms with van der Waals surface area (Å²) >= 11 is 3.40. The minimum Gasteiger partial charge on any atom is -0.490 e. The van der Waals surface area contributed by atoms with Crippen LogP contribution in [0, 0.1) is 0 Å². The van der Waals surface area contributed by atoms with Gasteiger partial charge < -0.3 is 14.6 Å². The third-order valence-electron chi connectivity index (χ3n) is 3.07. The minimum atomic E-state index is -0.404. The van der Waals surface area contributed by atoms with E-state index in [1.165, 1.54) is 0 Å². The maximum absolute atomic E-state index is 9.72. The van der Waals surface area contributed by atoms with Crippen LogP contribution >= 0.6 is 15.9 Å². The summed E-state index contributed by atoms with van der Waals surface area (Å²) < 4.78 is 12.2. The van der Waals surface area contributed by atoms with E-state index in [0.29, 0.717) is 19.6 Å². The molecule has 0 fully saturated rings. The number of hydrogen-bond acceptors (Lipinski definition) is 3. The lowest BCUT2D eigenvalue weighted by Gasteiger charge is -2.11. The molecule has 2 aromatic rings. The van der Waals surface area contributed by atoms with Crippen LogP contribution in [0.3, 0.4) is 0 Å². The summed E-state index contributed by atoms with van der Waals surface area (Å²) in [5, 5.41) is 9.72. The molecule has 0 amide bonds. The van der Waals surface area contributed by atoms with Gasteiger partial charge in [0.1, 0.15) is 24.7 Å². The van der Waals surface area contributed by atoms with Gasteiger partial charge >= 0.3 is 0 Å². The maximum Gasteiger partial charge on any atom is 0.122 e. The number of aliphatic hydroxyl groups excluding tert-OH is 1. The van der Waals surface area contributed by atoms with E-state index in [9.17, 15) is 5.11 Å². The summed E-state index contributed by atoms with van der Waals surface area (Å²) in [4.78, 5) is 0. The van der Waals surface area contributed by atoms with Gasteiger partial charge in [-0.1, -0.05) is 41.1 Å². The van der Waals surface area contributed by atoms with Crippen molar-refractivity contribution in [1.82, 2.24) is 0 Å². The van der Waals surface area contributed by atoms with Gasteiger partial charge in [0.05, 0.1) is 6.10 Å². The van der Waals surface area contributed by atoms with Gasteiger partial charge in [-0.3, -0.25) is 0 Å². The summed E-state index contributed by atoms with van der Waals surface area (Å²) in [6, 6.07) is 15.2. The Balaban J connectivity index is 1.76. The first-order valence-electron chi connectivity index (χ1n) is 6.98. The molecule has 2 aromatic carbocycles. The summed E-state index contributed by atoms with van der Waals surface area (Å²) in [6.07, 6.45) is 0.305. The highest BCUT2D eigenvalue weighted by Crippen LogP contribution is 2.20. The molecule has 0 spiro atoms.